The van der Waals surface area contributed by atoms with Gasteiger partial charge in [-0.3, -0.25) is 14.5 Å². The fourth-order valence-corrected chi connectivity index (χ4v) is 4.09. The first-order valence-corrected chi connectivity index (χ1v) is 10.9. The van der Waals surface area contributed by atoms with Crippen LogP contribution in [0.4, 0.5) is 18.9 Å². The number of benzene rings is 3. The zero-order valence-corrected chi connectivity index (χ0v) is 19.0. The fraction of sp³-hybridized carbons (Fsp3) is 0.185. The molecule has 180 valence electrons. The second kappa shape index (κ2) is 9.29. The van der Waals surface area contributed by atoms with E-state index in [0.29, 0.717) is 16.9 Å². The van der Waals surface area contributed by atoms with E-state index in [9.17, 15) is 27.9 Å². The first-order chi connectivity index (χ1) is 16.7. The number of carbonyl (C=O) groups excluding carboxylic acids is 2. The van der Waals surface area contributed by atoms with Crippen molar-refractivity contribution >= 4 is 23.1 Å². The summed E-state index contributed by atoms with van der Waals surface area (Å²) in [4.78, 5) is 27.3. The largest absolute Gasteiger partial charge is 0.507 e. The second-order valence-corrected chi connectivity index (χ2v) is 8.04. The summed E-state index contributed by atoms with van der Waals surface area (Å²) in [6.07, 6.45) is -3.87. The number of amides is 1. The maximum atomic E-state index is 13.4. The summed E-state index contributed by atoms with van der Waals surface area (Å²) in [5.41, 5.74) is 0.486. The SMILES string of the molecule is CCc1ccc(/C(O)=C2\C(=O)C(=O)N(c3cccc(C(F)(F)F)c3)C2c2ccc(OC)cc2)cc1. The monoisotopic (exact) mass is 481 g/mol. The van der Waals surface area contributed by atoms with Crippen molar-refractivity contribution in [2.24, 2.45) is 0 Å². The molecule has 1 amide bonds. The van der Waals surface area contributed by atoms with Gasteiger partial charge in [0, 0.05) is 11.3 Å². The van der Waals surface area contributed by atoms with Gasteiger partial charge in [-0.25, -0.2) is 0 Å². The summed E-state index contributed by atoms with van der Waals surface area (Å²) < 4.78 is 45.3. The highest BCUT2D eigenvalue weighted by Crippen LogP contribution is 2.43. The summed E-state index contributed by atoms with van der Waals surface area (Å²) in [6.45, 7) is 1.97. The molecule has 3 aromatic carbocycles. The van der Waals surface area contributed by atoms with Crippen molar-refractivity contribution in [3.8, 4) is 5.75 Å². The number of Topliss-reactive ketones (excluding diaryl/α,β-unsaturated/α-hetero) is 1. The zero-order valence-electron chi connectivity index (χ0n) is 19.0. The van der Waals surface area contributed by atoms with Crippen LogP contribution in [-0.4, -0.2) is 23.9 Å². The van der Waals surface area contributed by atoms with Gasteiger partial charge >= 0.3 is 6.18 Å². The van der Waals surface area contributed by atoms with Crippen molar-refractivity contribution in [3.63, 3.8) is 0 Å². The summed E-state index contributed by atoms with van der Waals surface area (Å²) >= 11 is 0. The molecule has 35 heavy (non-hydrogen) atoms. The van der Waals surface area contributed by atoms with Crippen LogP contribution in [0.25, 0.3) is 5.76 Å². The normalized spacial score (nSPS) is 17.6. The van der Waals surface area contributed by atoms with E-state index < -0.39 is 35.2 Å². The molecule has 1 N–H and O–H groups in total. The standard InChI is InChI=1S/C27H22F3NO4/c1-3-16-7-9-18(10-8-16)24(32)22-23(17-11-13-21(35-2)14-12-17)31(26(34)25(22)33)20-6-4-5-19(15-20)27(28,29)30/h4-15,23,32H,3H2,1-2H3/b24-22+. The molecule has 0 aliphatic carbocycles. The number of methoxy groups -OCH3 is 1. The van der Waals surface area contributed by atoms with Crippen LogP contribution in [0.2, 0.25) is 0 Å². The first-order valence-electron chi connectivity index (χ1n) is 10.9. The molecule has 0 aromatic heterocycles. The lowest BCUT2D eigenvalue weighted by Gasteiger charge is -2.26. The van der Waals surface area contributed by atoms with Crippen molar-refractivity contribution in [1.29, 1.82) is 0 Å². The number of alkyl halides is 3. The number of aliphatic hydroxyl groups is 1. The lowest BCUT2D eigenvalue weighted by molar-refractivity contribution is -0.137. The molecule has 1 aliphatic rings. The molecule has 4 rings (SSSR count). The molecule has 0 spiro atoms. The third-order valence-corrected chi connectivity index (χ3v) is 5.96. The molecule has 1 atom stereocenters. The minimum Gasteiger partial charge on any atom is -0.507 e. The van der Waals surface area contributed by atoms with E-state index >= 15 is 0 Å². The summed E-state index contributed by atoms with van der Waals surface area (Å²) in [5, 5.41) is 11.1. The molecule has 0 radical (unpaired) electrons. The molecule has 5 nitrogen and oxygen atoms in total. The lowest BCUT2D eigenvalue weighted by atomic mass is 9.94. The van der Waals surface area contributed by atoms with Gasteiger partial charge in [-0.2, -0.15) is 13.2 Å². The van der Waals surface area contributed by atoms with Crippen LogP contribution in [-0.2, 0) is 22.2 Å². The first kappa shape index (κ1) is 24.1. The van der Waals surface area contributed by atoms with E-state index in [1.54, 1.807) is 48.5 Å². The molecule has 1 saturated heterocycles. The molecule has 1 unspecified atom stereocenters. The van der Waals surface area contributed by atoms with E-state index in [0.717, 1.165) is 29.0 Å². The highest BCUT2D eigenvalue weighted by molar-refractivity contribution is 6.51. The Kier molecular flexibility index (Phi) is 6.39. The van der Waals surface area contributed by atoms with Crippen LogP contribution in [0, 0.1) is 0 Å². The van der Waals surface area contributed by atoms with Gasteiger partial charge in [0.25, 0.3) is 11.7 Å². The van der Waals surface area contributed by atoms with Crippen LogP contribution >= 0.6 is 0 Å². The van der Waals surface area contributed by atoms with Crippen LogP contribution in [0.3, 0.4) is 0 Å². The Balaban J connectivity index is 1.92. The molecule has 0 bridgehead atoms. The predicted molar refractivity (Wildman–Crippen MR) is 125 cm³/mol. The average molecular weight is 481 g/mol. The predicted octanol–water partition coefficient (Wildman–Crippen LogP) is 5.90. The van der Waals surface area contributed by atoms with Crippen LogP contribution in [0.5, 0.6) is 5.75 Å². The Hall–Kier alpha value is -4.07. The number of carbonyl (C=O) groups is 2. The molecule has 3 aromatic rings. The van der Waals surface area contributed by atoms with E-state index in [4.69, 9.17) is 4.74 Å². The van der Waals surface area contributed by atoms with Gasteiger partial charge in [0.1, 0.15) is 11.5 Å². The quantitative estimate of drug-likeness (QED) is 0.280. The smallest absolute Gasteiger partial charge is 0.416 e. The molecule has 1 aliphatic heterocycles. The third-order valence-electron chi connectivity index (χ3n) is 5.96. The van der Waals surface area contributed by atoms with Crippen LogP contribution in [0.15, 0.2) is 78.4 Å². The third kappa shape index (κ3) is 4.51. The molecule has 1 fully saturated rings. The number of hydrogen-bond donors (Lipinski definition) is 1. The Morgan fingerprint density at radius 1 is 1.00 bits per heavy atom. The van der Waals surface area contributed by atoms with Gasteiger partial charge in [-0.15, -0.1) is 0 Å². The second-order valence-electron chi connectivity index (χ2n) is 8.04. The minimum atomic E-state index is -4.64. The Morgan fingerprint density at radius 3 is 2.23 bits per heavy atom. The van der Waals surface area contributed by atoms with Gasteiger partial charge in [0.05, 0.1) is 24.3 Å². The molecule has 8 heteroatoms. The molecule has 0 saturated carbocycles. The molecule has 1 heterocycles. The number of ether oxygens (including phenoxy) is 1. The van der Waals surface area contributed by atoms with Crippen molar-refractivity contribution in [2.45, 2.75) is 25.6 Å². The lowest BCUT2D eigenvalue weighted by Crippen LogP contribution is -2.29. The molecular formula is C27H22F3NO4. The summed E-state index contributed by atoms with van der Waals surface area (Å²) in [5.74, 6) is -1.90. The van der Waals surface area contributed by atoms with Gasteiger partial charge in [-0.05, 0) is 47.9 Å². The number of anilines is 1. The van der Waals surface area contributed by atoms with Gasteiger partial charge in [0.15, 0.2) is 0 Å². The van der Waals surface area contributed by atoms with E-state index in [1.807, 2.05) is 6.92 Å². The van der Waals surface area contributed by atoms with Crippen LogP contribution in [0.1, 0.15) is 35.2 Å². The van der Waals surface area contributed by atoms with Gasteiger partial charge in [-0.1, -0.05) is 49.4 Å². The van der Waals surface area contributed by atoms with Crippen molar-refractivity contribution in [3.05, 3.63) is 101 Å². The maximum Gasteiger partial charge on any atom is 0.416 e. The van der Waals surface area contributed by atoms with E-state index in [-0.39, 0.29) is 11.3 Å². The van der Waals surface area contributed by atoms with Crippen LogP contribution < -0.4 is 9.64 Å². The number of nitrogens with zero attached hydrogens (tertiary/aromatic N) is 1. The van der Waals surface area contributed by atoms with Crippen molar-refractivity contribution < 1.29 is 32.6 Å². The molecular weight excluding hydrogens is 459 g/mol. The fourth-order valence-electron chi connectivity index (χ4n) is 4.09. The average Bonchev–Trinajstić information content (AvgIpc) is 3.13. The van der Waals surface area contributed by atoms with Gasteiger partial charge < -0.3 is 9.84 Å². The van der Waals surface area contributed by atoms with E-state index in [1.165, 1.54) is 19.2 Å². The highest BCUT2D eigenvalue weighted by atomic mass is 19.4. The number of hydrogen-bond acceptors (Lipinski definition) is 4. The van der Waals surface area contributed by atoms with Crippen molar-refractivity contribution in [2.75, 3.05) is 12.0 Å². The number of aryl methyl sites for hydroxylation is 1. The zero-order chi connectivity index (χ0) is 25.3. The number of ketones is 1. The van der Waals surface area contributed by atoms with Crippen molar-refractivity contribution in [1.82, 2.24) is 0 Å². The van der Waals surface area contributed by atoms with Gasteiger partial charge in [0.2, 0.25) is 0 Å². The minimum absolute atomic E-state index is 0.108. The maximum absolute atomic E-state index is 13.4. The Bertz CT molecular complexity index is 1300. The Labute approximate surface area is 200 Å². The van der Waals surface area contributed by atoms with E-state index in [2.05, 4.69) is 0 Å². The topological polar surface area (TPSA) is 66.8 Å². The highest BCUT2D eigenvalue weighted by Gasteiger charge is 2.47. The summed E-state index contributed by atoms with van der Waals surface area (Å²) in [7, 11) is 1.48. The number of rotatable bonds is 5. The summed E-state index contributed by atoms with van der Waals surface area (Å²) in [6, 6.07) is 16.3. The number of halogens is 3. The number of aliphatic hydroxyl groups excluding tert-OH is 1. The Morgan fingerprint density at radius 2 is 1.66 bits per heavy atom.